The van der Waals surface area contributed by atoms with Crippen molar-refractivity contribution in [3.05, 3.63) is 65.9 Å². The number of carbonyl (C=O) groups excluding carboxylic acids is 3. The van der Waals surface area contributed by atoms with Crippen LogP contribution in [0.15, 0.2) is 53.3 Å². The van der Waals surface area contributed by atoms with Gasteiger partial charge in [0.2, 0.25) is 23.5 Å². The number of nitrogens with zero attached hydrogens (tertiary/aromatic N) is 3. The Morgan fingerprint density at radius 3 is 2.46 bits per heavy atom. The van der Waals surface area contributed by atoms with Crippen molar-refractivity contribution < 1.29 is 18.8 Å². The third-order valence-corrected chi connectivity index (χ3v) is 7.28. The van der Waals surface area contributed by atoms with Gasteiger partial charge in [0, 0.05) is 12.7 Å². The second-order valence-electron chi connectivity index (χ2n) is 10.7. The third-order valence-electron chi connectivity index (χ3n) is 7.28. The Morgan fingerprint density at radius 1 is 1.08 bits per heavy atom. The highest BCUT2D eigenvalue weighted by atomic mass is 16.4. The van der Waals surface area contributed by atoms with Gasteiger partial charge >= 0.3 is 0 Å². The van der Waals surface area contributed by atoms with Crippen molar-refractivity contribution in [1.29, 1.82) is 0 Å². The van der Waals surface area contributed by atoms with Gasteiger partial charge in [-0.1, -0.05) is 63.4 Å². The number of hydrogen-bond donors (Lipinski definition) is 2. The lowest BCUT2D eigenvalue weighted by Gasteiger charge is -2.27. The molecule has 2 aromatic heterocycles. The van der Waals surface area contributed by atoms with Gasteiger partial charge in [-0.3, -0.25) is 14.4 Å². The molecule has 0 radical (unpaired) electrons. The minimum atomic E-state index is -0.849. The quantitative estimate of drug-likeness (QED) is 0.259. The summed E-state index contributed by atoms with van der Waals surface area (Å²) in [7, 11) is 0. The van der Waals surface area contributed by atoms with E-state index in [1.165, 1.54) is 6.33 Å². The van der Waals surface area contributed by atoms with Gasteiger partial charge in [0.1, 0.15) is 17.9 Å². The van der Waals surface area contributed by atoms with Crippen molar-refractivity contribution in [2.45, 2.75) is 64.7 Å². The van der Waals surface area contributed by atoms with Crippen molar-refractivity contribution >= 4 is 17.6 Å². The number of carbonyl (C=O) groups is 3. The lowest BCUT2D eigenvalue weighted by molar-refractivity contribution is -0.136. The largest absolute Gasteiger partial charge is 0.431 e. The number of primary amides is 1. The van der Waals surface area contributed by atoms with Crippen LogP contribution in [0.3, 0.4) is 0 Å². The van der Waals surface area contributed by atoms with Crippen LogP contribution in [-0.4, -0.2) is 39.1 Å². The Labute approximate surface area is 229 Å². The first-order valence-electron chi connectivity index (χ1n) is 13.8. The van der Waals surface area contributed by atoms with Gasteiger partial charge in [-0.15, -0.1) is 0 Å². The van der Waals surface area contributed by atoms with Crippen LogP contribution in [0.5, 0.6) is 0 Å². The fourth-order valence-electron chi connectivity index (χ4n) is 5.38. The van der Waals surface area contributed by atoms with Gasteiger partial charge in [-0.25, -0.2) is 15.0 Å². The Balaban J connectivity index is 1.56. The van der Waals surface area contributed by atoms with Crippen LogP contribution in [0.4, 0.5) is 0 Å². The summed E-state index contributed by atoms with van der Waals surface area (Å²) in [4.78, 5) is 52.0. The molecule has 0 bridgehead atoms. The number of amides is 2. The maximum absolute atomic E-state index is 14.0. The predicted octanol–water partition coefficient (Wildman–Crippen LogP) is 4.48. The van der Waals surface area contributed by atoms with Crippen molar-refractivity contribution in [2.75, 3.05) is 6.54 Å². The van der Waals surface area contributed by atoms with E-state index in [4.69, 9.17) is 10.2 Å². The zero-order valence-electron chi connectivity index (χ0n) is 22.6. The molecule has 1 fully saturated rings. The fraction of sp³-hybridized carbons (Fsp3) is 0.467. The molecule has 1 aliphatic carbocycles. The number of rotatable bonds is 12. The molecule has 2 heterocycles. The maximum Gasteiger partial charge on any atom is 0.246 e. The molecule has 39 heavy (non-hydrogen) atoms. The highest BCUT2D eigenvalue weighted by Crippen LogP contribution is 2.31. The fourth-order valence-corrected chi connectivity index (χ4v) is 5.38. The number of aromatic nitrogens is 3. The minimum Gasteiger partial charge on any atom is -0.431 e. The van der Waals surface area contributed by atoms with Gasteiger partial charge in [-0.05, 0) is 49.1 Å². The molecule has 2 atom stereocenters. The Bertz CT molecular complexity index is 1250. The van der Waals surface area contributed by atoms with Gasteiger partial charge in [-0.2, -0.15) is 0 Å². The first-order chi connectivity index (χ1) is 18.8. The molecule has 0 spiro atoms. The van der Waals surface area contributed by atoms with Crippen molar-refractivity contribution in [3.8, 4) is 11.6 Å². The summed E-state index contributed by atoms with van der Waals surface area (Å²) in [6.07, 6.45) is 8.66. The zero-order chi connectivity index (χ0) is 27.8. The van der Waals surface area contributed by atoms with E-state index in [9.17, 15) is 14.4 Å². The molecule has 0 aliphatic heterocycles. The van der Waals surface area contributed by atoms with E-state index in [2.05, 4.69) is 34.1 Å². The van der Waals surface area contributed by atoms with E-state index in [1.807, 2.05) is 30.3 Å². The van der Waals surface area contributed by atoms with Gasteiger partial charge in [0.25, 0.3) is 0 Å². The normalized spacial score (nSPS) is 15.6. The molecular formula is C30H37N5O4. The summed E-state index contributed by atoms with van der Waals surface area (Å²) in [5, 5.41) is 2.89. The highest BCUT2D eigenvalue weighted by Gasteiger charge is 2.34. The molecule has 9 nitrogen and oxygen atoms in total. The Morgan fingerprint density at radius 2 is 1.82 bits per heavy atom. The number of ketones is 1. The number of nitrogens with one attached hydrogen (secondary N) is 1. The number of Topliss-reactive ketones (excluding diaryl/α,β-unsaturated/α-hetero) is 1. The van der Waals surface area contributed by atoms with Gasteiger partial charge in [0.15, 0.2) is 5.76 Å². The van der Waals surface area contributed by atoms with Crippen LogP contribution >= 0.6 is 0 Å². The molecule has 2 amide bonds. The second kappa shape index (κ2) is 13.3. The first-order valence-corrected chi connectivity index (χ1v) is 13.8. The van der Waals surface area contributed by atoms with Gasteiger partial charge in [0.05, 0.1) is 11.6 Å². The summed E-state index contributed by atoms with van der Waals surface area (Å²) < 4.78 is 6.04. The first kappa shape index (κ1) is 28.1. The average molecular weight is 532 g/mol. The standard InChI is InChI=1S/C30H37N5O4/c1-19(2)17-24-27(39-30(35-24)23-14-15-32-18-34-23)26(36)22(20-9-5-3-6-10-20)13-16-33-29(38)25(28(31)37)21-11-7-4-8-12-21/h3,5-6,9-10,14-15,18-19,21-22,25H,4,7-8,11-13,16-17H2,1-2H3,(H2,31,37)(H,33,38). The molecule has 9 heteroatoms. The highest BCUT2D eigenvalue weighted by molar-refractivity contribution is 6.01. The smallest absolute Gasteiger partial charge is 0.246 e. The maximum atomic E-state index is 14.0. The average Bonchev–Trinajstić information content (AvgIpc) is 3.35. The molecule has 1 aromatic carbocycles. The van der Waals surface area contributed by atoms with E-state index in [0.717, 1.165) is 37.7 Å². The minimum absolute atomic E-state index is 0.0317. The molecule has 2 unspecified atom stereocenters. The molecular weight excluding hydrogens is 494 g/mol. The molecule has 3 N–H and O–H groups in total. The summed E-state index contributed by atoms with van der Waals surface area (Å²) in [5.41, 5.74) is 7.53. The van der Waals surface area contributed by atoms with Crippen molar-refractivity contribution in [2.24, 2.45) is 23.5 Å². The van der Waals surface area contributed by atoms with Crippen LogP contribution in [0.1, 0.15) is 80.1 Å². The third kappa shape index (κ3) is 7.16. The van der Waals surface area contributed by atoms with Crippen LogP contribution in [-0.2, 0) is 16.0 Å². The van der Waals surface area contributed by atoms with Crippen LogP contribution in [0, 0.1) is 17.8 Å². The molecule has 1 aliphatic rings. The molecule has 3 aromatic rings. The van der Waals surface area contributed by atoms with Crippen LogP contribution in [0.2, 0.25) is 0 Å². The topological polar surface area (TPSA) is 141 Å². The van der Waals surface area contributed by atoms with Gasteiger partial charge < -0.3 is 15.5 Å². The van der Waals surface area contributed by atoms with E-state index in [0.29, 0.717) is 24.2 Å². The van der Waals surface area contributed by atoms with Crippen molar-refractivity contribution in [3.63, 3.8) is 0 Å². The van der Waals surface area contributed by atoms with Crippen molar-refractivity contribution in [1.82, 2.24) is 20.3 Å². The van der Waals surface area contributed by atoms with Crippen LogP contribution in [0.25, 0.3) is 11.6 Å². The number of nitrogens with two attached hydrogens (primary N) is 1. The Kier molecular flexibility index (Phi) is 9.57. The monoisotopic (exact) mass is 531 g/mol. The van der Waals surface area contributed by atoms with E-state index in [-0.39, 0.29) is 41.7 Å². The summed E-state index contributed by atoms with van der Waals surface area (Å²) in [5.74, 6) is -1.90. The van der Waals surface area contributed by atoms with E-state index >= 15 is 0 Å². The zero-order valence-corrected chi connectivity index (χ0v) is 22.6. The summed E-state index contributed by atoms with van der Waals surface area (Å²) in [6, 6.07) is 11.1. The van der Waals surface area contributed by atoms with E-state index in [1.54, 1.807) is 12.3 Å². The number of oxazole rings is 1. The molecule has 206 valence electrons. The van der Waals surface area contributed by atoms with Crippen LogP contribution < -0.4 is 11.1 Å². The Hall–Kier alpha value is -3.88. The SMILES string of the molecule is CC(C)Cc1nc(-c2ccncn2)oc1C(=O)C(CCNC(=O)C(C(N)=O)C1CCCCC1)c1ccccc1. The lowest BCUT2D eigenvalue weighted by atomic mass is 9.79. The number of benzene rings is 1. The molecule has 4 rings (SSSR count). The lowest BCUT2D eigenvalue weighted by Crippen LogP contribution is -2.44. The molecule has 0 saturated heterocycles. The predicted molar refractivity (Wildman–Crippen MR) is 146 cm³/mol. The second-order valence-corrected chi connectivity index (χ2v) is 10.7. The summed E-state index contributed by atoms with van der Waals surface area (Å²) in [6.45, 7) is 4.32. The van der Waals surface area contributed by atoms with E-state index < -0.39 is 17.7 Å². The summed E-state index contributed by atoms with van der Waals surface area (Å²) >= 11 is 0. The number of hydrogen-bond acceptors (Lipinski definition) is 7. The molecule has 1 saturated carbocycles.